The van der Waals surface area contributed by atoms with Crippen LogP contribution in [0.2, 0.25) is 0 Å². The summed E-state index contributed by atoms with van der Waals surface area (Å²) in [5, 5.41) is 9.14. The Morgan fingerprint density at radius 2 is 1.92 bits per heavy atom. The standard InChI is InChI=1S/C15H15F4N5O.ClH/c16-9-3-5-10(6-4-9)24-13(15(17,18)19)12(22-23-24)14(25)21-7-11(20)8-1-2-8;/h3-6,8,11H,1-2,7,20H2,(H,21,25);1H. The first kappa shape index (κ1) is 20.1. The molecule has 0 saturated heterocycles. The van der Waals surface area contributed by atoms with Gasteiger partial charge in [-0.1, -0.05) is 5.21 Å². The van der Waals surface area contributed by atoms with Crippen LogP contribution in [0.3, 0.4) is 0 Å². The fourth-order valence-electron chi connectivity index (χ4n) is 2.44. The van der Waals surface area contributed by atoms with Gasteiger partial charge in [0.05, 0.1) is 5.69 Å². The molecule has 1 amide bonds. The lowest BCUT2D eigenvalue weighted by molar-refractivity contribution is -0.143. The third kappa shape index (κ3) is 4.31. The number of rotatable bonds is 5. The van der Waals surface area contributed by atoms with Crippen molar-refractivity contribution in [3.63, 3.8) is 0 Å². The van der Waals surface area contributed by atoms with E-state index in [1.165, 1.54) is 0 Å². The number of benzene rings is 1. The van der Waals surface area contributed by atoms with Crippen LogP contribution >= 0.6 is 12.4 Å². The maximum atomic E-state index is 13.4. The van der Waals surface area contributed by atoms with Crippen LogP contribution in [0.15, 0.2) is 24.3 Å². The summed E-state index contributed by atoms with van der Waals surface area (Å²) < 4.78 is 53.7. The molecule has 142 valence electrons. The van der Waals surface area contributed by atoms with Crippen LogP contribution in [0.5, 0.6) is 0 Å². The van der Waals surface area contributed by atoms with Crippen LogP contribution in [0, 0.1) is 11.7 Å². The fourth-order valence-corrected chi connectivity index (χ4v) is 2.44. The number of amides is 1. The molecular formula is C15H16ClF4N5O. The minimum absolute atomic E-state index is 0. The van der Waals surface area contributed by atoms with E-state index in [-0.39, 0.29) is 36.6 Å². The summed E-state index contributed by atoms with van der Waals surface area (Å²) >= 11 is 0. The molecule has 1 aromatic carbocycles. The number of hydrogen-bond donors (Lipinski definition) is 2. The molecule has 3 N–H and O–H groups in total. The second kappa shape index (κ2) is 7.58. The molecule has 1 aliphatic rings. The Hall–Kier alpha value is -2.20. The Bertz CT molecular complexity index is 773. The van der Waals surface area contributed by atoms with Gasteiger partial charge in [0, 0.05) is 12.6 Å². The highest BCUT2D eigenvalue weighted by molar-refractivity contribution is 5.93. The highest BCUT2D eigenvalue weighted by Gasteiger charge is 2.42. The van der Waals surface area contributed by atoms with Crippen molar-refractivity contribution in [1.82, 2.24) is 20.3 Å². The van der Waals surface area contributed by atoms with Gasteiger partial charge in [0.15, 0.2) is 11.4 Å². The van der Waals surface area contributed by atoms with E-state index in [2.05, 4.69) is 15.6 Å². The summed E-state index contributed by atoms with van der Waals surface area (Å²) in [5.74, 6) is -1.32. The molecule has 0 spiro atoms. The molecule has 1 aliphatic carbocycles. The average Bonchev–Trinajstić information content (AvgIpc) is 3.30. The van der Waals surface area contributed by atoms with Crippen LogP contribution in [-0.4, -0.2) is 33.5 Å². The summed E-state index contributed by atoms with van der Waals surface area (Å²) in [5.41, 5.74) is 3.60. The van der Waals surface area contributed by atoms with Gasteiger partial charge in [-0.15, -0.1) is 17.5 Å². The number of hydrogen-bond acceptors (Lipinski definition) is 4. The molecule has 0 radical (unpaired) electrons. The zero-order valence-electron chi connectivity index (χ0n) is 13.3. The number of carbonyl (C=O) groups excluding carboxylic acids is 1. The van der Waals surface area contributed by atoms with Crippen LogP contribution < -0.4 is 11.1 Å². The third-order valence-corrected chi connectivity index (χ3v) is 3.95. The summed E-state index contributed by atoms with van der Waals surface area (Å²) in [7, 11) is 0. The van der Waals surface area contributed by atoms with E-state index in [0.717, 1.165) is 37.1 Å². The topological polar surface area (TPSA) is 85.8 Å². The molecule has 6 nitrogen and oxygen atoms in total. The number of nitrogens with one attached hydrogen (secondary N) is 1. The van der Waals surface area contributed by atoms with Gasteiger partial charge >= 0.3 is 6.18 Å². The highest BCUT2D eigenvalue weighted by atomic mass is 35.5. The zero-order chi connectivity index (χ0) is 18.2. The second-order valence-electron chi connectivity index (χ2n) is 5.88. The van der Waals surface area contributed by atoms with Crippen molar-refractivity contribution in [2.45, 2.75) is 25.1 Å². The molecule has 1 fully saturated rings. The zero-order valence-corrected chi connectivity index (χ0v) is 14.1. The van der Waals surface area contributed by atoms with Gasteiger partial charge in [0.2, 0.25) is 0 Å². The lowest BCUT2D eigenvalue weighted by atomic mass is 10.2. The lowest BCUT2D eigenvalue weighted by Gasteiger charge is -2.13. The number of nitrogens with two attached hydrogens (primary N) is 1. The smallest absolute Gasteiger partial charge is 0.349 e. The molecule has 0 bridgehead atoms. The first-order valence-electron chi connectivity index (χ1n) is 7.60. The Morgan fingerprint density at radius 3 is 2.46 bits per heavy atom. The predicted molar refractivity (Wildman–Crippen MR) is 86.6 cm³/mol. The molecule has 1 heterocycles. The Labute approximate surface area is 152 Å². The average molecular weight is 394 g/mol. The number of nitrogens with zero attached hydrogens (tertiary/aromatic N) is 3. The number of alkyl halides is 3. The quantitative estimate of drug-likeness (QED) is 0.763. The van der Waals surface area contributed by atoms with Gasteiger partial charge in [0.1, 0.15) is 5.82 Å². The van der Waals surface area contributed by atoms with Gasteiger partial charge in [-0.05, 0) is 43.0 Å². The molecule has 26 heavy (non-hydrogen) atoms. The van der Waals surface area contributed by atoms with E-state index in [9.17, 15) is 22.4 Å². The van der Waals surface area contributed by atoms with Gasteiger partial charge in [-0.2, -0.15) is 13.2 Å². The van der Waals surface area contributed by atoms with E-state index < -0.39 is 29.3 Å². The Morgan fingerprint density at radius 1 is 1.31 bits per heavy atom. The van der Waals surface area contributed by atoms with Crippen molar-refractivity contribution in [3.05, 3.63) is 41.5 Å². The highest BCUT2D eigenvalue weighted by Crippen LogP contribution is 2.33. The van der Waals surface area contributed by atoms with Crippen LogP contribution in [0.1, 0.15) is 29.0 Å². The van der Waals surface area contributed by atoms with Crippen molar-refractivity contribution >= 4 is 18.3 Å². The van der Waals surface area contributed by atoms with E-state index in [1.54, 1.807) is 0 Å². The SMILES string of the molecule is Cl.NC(CNC(=O)c1nnn(-c2ccc(F)cc2)c1C(F)(F)F)C1CC1. The van der Waals surface area contributed by atoms with Crippen molar-refractivity contribution in [2.24, 2.45) is 11.7 Å². The van der Waals surface area contributed by atoms with E-state index in [0.29, 0.717) is 4.68 Å². The van der Waals surface area contributed by atoms with Gasteiger partial charge in [-0.25, -0.2) is 9.07 Å². The molecule has 1 saturated carbocycles. The fraction of sp³-hybridized carbons (Fsp3) is 0.400. The maximum absolute atomic E-state index is 13.4. The summed E-state index contributed by atoms with van der Waals surface area (Å²) in [6.07, 6.45) is -2.97. The minimum Gasteiger partial charge on any atom is -0.349 e. The second-order valence-corrected chi connectivity index (χ2v) is 5.88. The number of carbonyl (C=O) groups is 1. The number of aromatic nitrogens is 3. The van der Waals surface area contributed by atoms with Crippen LogP contribution in [0.4, 0.5) is 17.6 Å². The van der Waals surface area contributed by atoms with Crippen molar-refractivity contribution < 1.29 is 22.4 Å². The Kier molecular flexibility index (Phi) is 5.87. The Balaban J connectivity index is 0.00000243. The molecule has 2 aromatic rings. The molecule has 1 unspecified atom stereocenters. The van der Waals surface area contributed by atoms with E-state index in [4.69, 9.17) is 5.73 Å². The molecule has 1 atom stereocenters. The molecule has 1 aromatic heterocycles. The minimum atomic E-state index is -4.87. The first-order chi connectivity index (χ1) is 11.8. The van der Waals surface area contributed by atoms with E-state index in [1.807, 2.05) is 0 Å². The van der Waals surface area contributed by atoms with Gasteiger partial charge in [-0.3, -0.25) is 4.79 Å². The largest absolute Gasteiger partial charge is 0.435 e. The third-order valence-electron chi connectivity index (χ3n) is 3.95. The monoisotopic (exact) mass is 393 g/mol. The summed E-state index contributed by atoms with van der Waals surface area (Å²) in [6.45, 7) is 0.0597. The number of halogens is 5. The molecule has 3 rings (SSSR count). The van der Waals surface area contributed by atoms with E-state index >= 15 is 0 Å². The molecule has 11 heteroatoms. The summed E-state index contributed by atoms with van der Waals surface area (Å²) in [6, 6.07) is 3.91. The predicted octanol–water partition coefficient (Wildman–Crippen LogP) is 2.31. The first-order valence-corrected chi connectivity index (χ1v) is 7.60. The van der Waals surface area contributed by atoms with Crippen LogP contribution in [0.25, 0.3) is 5.69 Å². The van der Waals surface area contributed by atoms with Gasteiger partial charge in [0.25, 0.3) is 5.91 Å². The van der Waals surface area contributed by atoms with Gasteiger partial charge < -0.3 is 11.1 Å². The normalized spacial score (nSPS) is 15.3. The van der Waals surface area contributed by atoms with Crippen molar-refractivity contribution in [3.8, 4) is 5.69 Å². The van der Waals surface area contributed by atoms with Crippen molar-refractivity contribution in [2.75, 3.05) is 6.54 Å². The lowest BCUT2D eigenvalue weighted by Crippen LogP contribution is -2.39. The van der Waals surface area contributed by atoms with Crippen LogP contribution in [-0.2, 0) is 6.18 Å². The van der Waals surface area contributed by atoms with Crippen molar-refractivity contribution in [1.29, 1.82) is 0 Å². The maximum Gasteiger partial charge on any atom is 0.435 e. The molecular weight excluding hydrogens is 378 g/mol. The molecule has 0 aliphatic heterocycles. The summed E-state index contributed by atoms with van der Waals surface area (Å²) in [4.78, 5) is 12.1.